The Balaban J connectivity index is 2.50. The normalized spacial score (nSPS) is 11.7. The van der Waals surface area contributed by atoms with Crippen molar-refractivity contribution in [3.63, 3.8) is 0 Å². The van der Waals surface area contributed by atoms with Crippen LogP contribution in [0.25, 0.3) is 0 Å². The molecule has 2 aromatic rings. The van der Waals surface area contributed by atoms with Crippen molar-refractivity contribution < 1.29 is 22.8 Å². The summed E-state index contributed by atoms with van der Waals surface area (Å²) in [5, 5.41) is 18.2. The largest absolute Gasteiger partial charge is 0.378 e. The van der Waals surface area contributed by atoms with Crippen molar-refractivity contribution in [3.8, 4) is 5.75 Å². The van der Waals surface area contributed by atoms with Crippen LogP contribution in [0.3, 0.4) is 0 Å². The van der Waals surface area contributed by atoms with Crippen LogP contribution in [0.5, 0.6) is 5.75 Å². The average Bonchev–Trinajstić information content (AvgIpc) is 2.36. The number of aliphatic hydroxyl groups is 2. The molecular formula is C13H9Cl3O5S. The van der Waals surface area contributed by atoms with Crippen molar-refractivity contribution in [2.45, 2.75) is 11.2 Å². The topological polar surface area (TPSA) is 83.8 Å². The molecule has 2 rings (SSSR count). The Morgan fingerprint density at radius 3 is 2.09 bits per heavy atom. The SMILES string of the molecule is O=S(=O)(Oc1ccccc1C(O)O)c1c(Cl)cc(Cl)cc1Cl. The van der Waals surface area contributed by atoms with E-state index < -0.39 is 21.3 Å². The first-order valence-electron chi connectivity index (χ1n) is 5.76. The van der Waals surface area contributed by atoms with E-state index in [-0.39, 0.29) is 26.4 Å². The van der Waals surface area contributed by atoms with Crippen LogP contribution in [0.2, 0.25) is 15.1 Å². The van der Waals surface area contributed by atoms with Crippen LogP contribution in [0.4, 0.5) is 0 Å². The lowest BCUT2D eigenvalue weighted by molar-refractivity contribution is -0.0433. The van der Waals surface area contributed by atoms with Crippen LogP contribution in [0.15, 0.2) is 41.3 Å². The number of hydrogen-bond donors (Lipinski definition) is 2. The average molecular weight is 384 g/mol. The Bertz CT molecular complexity index is 782. The van der Waals surface area contributed by atoms with Gasteiger partial charge in [0.05, 0.1) is 15.6 Å². The Labute approximate surface area is 141 Å². The molecule has 9 heteroatoms. The number of halogens is 3. The molecule has 22 heavy (non-hydrogen) atoms. The monoisotopic (exact) mass is 382 g/mol. The van der Waals surface area contributed by atoms with Crippen molar-refractivity contribution in [1.29, 1.82) is 0 Å². The summed E-state index contributed by atoms with van der Waals surface area (Å²) in [6.45, 7) is 0. The summed E-state index contributed by atoms with van der Waals surface area (Å²) in [7, 11) is -4.39. The van der Waals surface area contributed by atoms with Gasteiger partial charge in [-0.3, -0.25) is 0 Å². The fourth-order valence-electron chi connectivity index (χ4n) is 1.70. The summed E-state index contributed by atoms with van der Waals surface area (Å²) in [5.74, 6) is -0.250. The zero-order valence-corrected chi connectivity index (χ0v) is 13.8. The zero-order valence-electron chi connectivity index (χ0n) is 10.7. The van der Waals surface area contributed by atoms with Gasteiger partial charge in [0.25, 0.3) is 0 Å². The van der Waals surface area contributed by atoms with E-state index in [2.05, 4.69) is 0 Å². The third kappa shape index (κ3) is 3.65. The molecule has 0 radical (unpaired) electrons. The van der Waals surface area contributed by atoms with Crippen molar-refractivity contribution >= 4 is 44.9 Å². The molecule has 0 aromatic heterocycles. The Morgan fingerprint density at radius 2 is 1.55 bits per heavy atom. The lowest BCUT2D eigenvalue weighted by Gasteiger charge is -2.14. The van der Waals surface area contributed by atoms with E-state index in [4.69, 9.17) is 39.0 Å². The number of benzene rings is 2. The molecule has 5 nitrogen and oxygen atoms in total. The highest BCUT2D eigenvalue weighted by molar-refractivity contribution is 7.87. The molecule has 2 aromatic carbocycles. The highest BCUT2D eigenvalue weighted by Gasteiger charge is 2.26. The summed E-state index contributed by atoms with van der Waals surface area (Å²) >= 11 is 17.5. The van der Waals surface area contributed by atoms with E-state index in [0.29, 0.717) is 0 Å². The van der Waals surface area contributed by atoms with Gasteiger partial charge >= 0.3 is 10.1 Å². The summed E-state index contributed by atoms with van der Waals surface area (Å²) in [6.07, 6.45) is -1.90. The van der Waals surface area contributed by atoms with Gasteiger partial charge in [-0.1, -0.05) is 53.0 Å². The maximum atomic E-state index is 12.3. The van der Waals surface area contributed by atoms with Gasteiger partial charge in [0.2, 0.25) is 0 Å². The quantitative estimate of drug-likeness (QED) is 0.624. The molecule has 0 aliphatic carbocycles. The van der Waals surface area contributed by atoms with Crippen LogP contribution in [-0.4, -0.2) is 18.6 Å². The lowest BCUT2D eigenvalue weighted by Crippen LogP contribution is -2.13. The van der Waals surface area contributed by atoms with Crippen molar-refractivity contribution in [3.05, 3.63) is 57.0 Å². The summed E-state index contributed by atoms with van der Waals surface area (Å²) in [4.78, 5) is -0.456. The van der Waals surface area contributed by atoms with E-state index in [1.54, 1.807) is 0 Å². The highest BCUT2D eigenvalue weighted by Crippen LogP contribution is 2.35. The third-order valence-electron chi connectivity index (χ3n) is 2.61. The molecule has 0 unspecified atom stereocenters. The zero-order chi connectivity index (χ0) is 16.5. The van der Waals surface area contributed by atoms with E-state index in [1.807, 2.05) is 0 Å². The highest BCUT2D eigenvalue weighted by atomic mass is 35.5. The van der Waals surface area contributed by atoms with E-state index in [9.17, 15) is 18.6 Å². The van der Waals surface area contributed by atoms with Gasteiger partial charge in [0, 0.05) is 5.02 Å². The number of rotatable bonds is 4. The fraction of sp³-hybridized carbons (Fsp3) is 0.0769. The third-order valence-corrected chi connectivity index (χ3v) is 4.99. The standard InChI is InChI=1S/C13H9Cl3O5S/c14-7-5-9(15)12(10(16)6-7)22(19,20)21-11-4-2-1-3-8(11)13(17)18/h1-6,13,17-18H. The maximum absolute atomic E-state index is 12.3. The molecule has 0 saturated carbocycles. The molecule has 0 bridgehead atoms. The maximum Gasteiger partial charge on any atom is 0.342 e. The number of para-hydroxylation sites is 1. The Kier molecular flexibility index (Phi) is 5.21. The summed E-state index contributed by atoms with van der Waals surface area (Å²) in [6, 6.07) is 7.96. The minimum Gasteiger partial charge on any atom is -0.378 e. The van der Waals surface area contributed by atoms with Crippen molar-refractivity contribution in [2.24, 2.45) is 0 Å². The van der Waals surface area contributed by atoms with Crippen molar-refractivity contribution in [1.82, 2.24) is 0 Å². The second kappa shape index (κ2) is 6.62. The van der Waals surface area contributed by atoms with Crippen LogP contribution < -0.4 is 4.18 Å². The molecule has 0 heterocycles. The molecular weight excluding hydrogens is 375 g/mol. The smallest absolute Gasteiger partial charge is 0.342 e. The molecule has 118 valence electrons. The van der Waals surface area contributed by atoms with Gasteiger partial charge in [0.1, 0.15) is 4.90 Å². The lowest BCUT2D eigenvalue weighted by atomic mass is 10.2. The summed E-state index contributed by atoms with van der Waals surface area (Å²) < 4.78 is 29.6. The first-order chi connectivity index (χ1) is 10.2. The Hall–Kier alpha value is -1.02. The van der Waals surface area contributed by atoms with Crippen LogP contribution >= 0.6 is 34.8 Å². The predicted octanol–water partition coefficient (Wildman–Crippen LogP) is 3.40. The second-order valence-electron chi connectivity index (χ2n) is 4.15. The van der Waals surface area contributed by atoms with Gasteiger partial charge in [-0.2, -0.15) is 8.42 Å². The van der Waals surface area contributed by atoms with Gasteiger partial charge < -0.3 is 14.4 Å². The van der Waals surface area contributed by atoms with Crippen LogP contribution in [-0.2, 0) is 10.1 Å². The Morgan fingerprint density at radius 1 is 1.00 bits per heavy atom. The molecule has 0 aliphatic rings. The minimum atomic E-state index is -4.39. The van der Waals surface area contributed by atoms with E-state index in [0.717, 1.165) is 0 Å². The van der Waals surface area contributed by atoms with Gasteiger partial charge in [-0.25, -0.2) is 0 Å². The molecule has 0 atom stereocenters. The molecule has 0 amide bonds. The second-order valence-corrected chi connectivity index (χ2v) is 6.88. The van der Waals surface area contributed by atoms with Crippen molar-refractivity contribution in [2.75, 3.05) is 0 Å². The minimum absolute atomic E-state index is 0.118. The summed E-state index contributed by atoms with van der Waals surface area (Å²) in [5.41, 5.74) is -0.118. The van der Waals surface area contributed by atoms with Gasteiger partial charge in [0.15, 0.2) is 12.0 Å². The fourth-order valence-corrected chi connectivity index (χ4v) is 4.15. The van der Waals surface area contributed by atoms with Gasteiger partial charge in [-0.15, -0.1) is 0 Å². The molecule has 0 saturated heterocycles. The van der Waals surface area contributed by atoms with Gasteiger partial charge in [-0.05, 0) is 18.2 Å². The van der Waals surface area contributed by atoms with E-state index >= 15 is 0 Å². The van der Waals surface area contributed by atoms with Crippen LogP contribution in [0, 0.1) is 0 Å². The van der Waals surface area contributed by atoms with E-state index in [1.165, 1.54) is 36.4 Å². The number of hydrogen-bond acceptors (Lipinski definition) is 5. The molecule has 0 fully saturated rings. The first kappa shape index (κ1) is 17.3. The predicted molar refractivity (Wildman–Crippen MR) is 82.9 cm³/mol. The first-order valence-corrected chi connectivity index (χ1v) is 8.30. The molecule has 0 spiro atoms. The number of aliphatic hydroxyl groups excluding tert-OH is 1. The molecule has 0 aliphatic heterocycles. The molecule has 2 N–H and O–H groups in total. The van der Waals surface area contributed by atoms with Crippen LogP contribution in [0.1, 0.15) is 11.9 Å².